The van der Waals surface area contributed by atoms with Crippen molar-refractivity contribution in [3.63, 3.8) is 0 Å². The van der Waals surface area contributed by atoms with Crippen molar-refractivity contribution in [2.45, 2.75) is 37.9 Å². The molecule has 0 heterocycles. The Morgan fingerprint density at radius 1 is 0.903 bits per heavy atom. The monoisotopic (exact) mass is 433 g/mol. The molecule has 2 N–H and O–H groups in total. The average molecular weight is 434 g/mol. The van der Waals surface area contributed by atoms with Crippen molar-refractivity contribution in [3.8, 4) is 17.2 Å². The lowest BCUT2D eigenvalue weighted by Gasteiger charge is -2.14. The molecule has 0 aliphatic heterocycles. The van der Waals surface area contributed by atoms with Crippen LogP contribution in [0.2, 0.25) is 0 Å². The lowest BCUT2D eigenvalue weighted by molar-refractivity contribution is -0.129. The molecule has 0 aliphatic carbocycles. The van der Waals surface area contributed by atoms with E-state index in [9.17, 15) is 15.0 Å². The first-order chi connectivity index (χ1) is 14.8. The van der Waals surface area contributed by atoms with Gasteiger partial charge in [0, 0.05) is 20.5 Å². The number of aliphatic hydroxyl groups excluding tert-OH is 2. The van der Waals surface area contributed by atoms with Crippen molar-refractivity contribution >= 4 is 5.91 Å². The number of methoxy groups -OCH3 is 3. The molecule has 0 spiro atoms. The Balaban J connectivity index is 2.47. The molecule has 2 unspecified atom stereocenters. The minimum atomic E-state index is -0.665. The molecular formula is C24H35NO6. The second kappa shape index (κ2) is 14.3. The van der Waals surface area contributed by atoms with Gasteiger partial charge < -0.3 is 29.3 Å². The Labute approximate surface area is 185 Å². The molecule has 0 fully saturated rings. The number of carbonyl (C=O) groups excluding carboxylic acids is 1. The minimum Gasteiger partial charge on any atom is -0.493 e. The number of rotatable bonds is 13. The Bertz CT molecular complexity index is 744. The van der Waals surface area contributed by atoms with Gasteiger partial charge in [0.25, 0.3) is 0 Å². The van der Waals surface area contributed by atoms with E-state index in [4.69, 9.17) is 14.2 Å². The summed E-state index contributed by atoms with van der Waals surface area (Å²) in [5, 5.41) is 20.0. The number of benzene rings is 1. The lowest BCUT2D eigenvalue weighted by Crippen LogP contribution is -2.22. The van der Waals surface area contributed by atoms with Crippen LogP contribution in [0.3, 0.4) is 0 Å². The first kappa shape index (κ1) is 26.3. The van der Waals surface area contributed by atoms with Gasteiger partial charge in [0.05, 0.1) is 33.5 Å². The van der Waals surface area contributed by atoms with Crippen molar-refractivity contribution < 1.29 is 29.2 Å². The van der Waals surface area contributed by atoms with Gasteiger partial charge in [-0.25, -0.2) is 0 Å². The SMILES string of the molecule is COc1cc(CCC(O)/C=C/C=C/C=C/C(O)CCC(=O)N(C)C)cc(OC)c1OC. The number of allylic oxidation sites excluding steroid dienone is 4. The lowest BCUT2D eigenvalue weighted by atomic mass is 10.0. The van der Waals surface area contributed by atoms with Crippen LogP contribution < -0.4 is 14.2 Å². The fourth-order valence-electron chi connectivity index (χ4n) is 2.79. The number of nitrogens with zero attached hydrogens (tertiary/aromatic N) is 1. The predicted molar refractivity (Wildman–Crippen MR) is 122 cm³/mol. The largest absolute Gasteiger partial charge is 0.493 e. The molecule has 0 saturated heterocycles. The molecule has 1 aromatic rings. The van der Waals surface area contributed by atoms with Gasteiger partial charge in [-0.15, -0.1) is 0 Å². The predicted octanol–water partition coefficient (Wildman–Crippen LogP) is 2.90. The summed E-state index contributed by atoms with van der Waals surface area (Å²) in [4.78, 5) is 13.0. The third kappa shape index (κ3) is 9.72. The van der Waals surface area contributed by atoms with E-state index in [-0.39, 0.29) is 5.91 Å². The van der Waals surface area contributed by atoms with Gasteiger partial charge in [0.15, 0.2) is 11.5 Å². The molecule has 1 aromatic carbocycles. The fourth-order valence-corrected chi connectivity index (χ4v) is 2.79. The van der Waals surface area contributed by atoms with Gasteiger partial charge in [-0.2, -0.15) is 0 Å². The molecule has 0 radical (unpaired) electrons. The minimum absolute atomic E-state index is 0.00793. The normalized spacial score (nSPS) is 13.6. The standard InChI is InChI=1S/C24H35NO6/c1-25(2)23(28)15-14-20(27)11-9-7-6-8-10-19(26)13-12-18-16-21(29-3)24(31-5)22(17-18)30-4/h6-11,16-17,19-20,26-27H,12-15H2,1-5H3/b7-6+,10-8+,11-9+. The summed E-state index contributed by atoms with van der Waals surface area (Å²) in [5.41, 5.74) is 0.974. The average Bonchev–Trinajstić information content (AvgIpc) is 2.77. The van der Waals surface area contributed by atoms with Crippen LogP contribution in [0.5, 0.6) is 17.2 Å². The van der Waals surface area contributed by atoms with Crippen molar-refractivity contribution in [3.05, 3.63) is 54.2 Å². The van der Waals surface area contributed by atoms with Crippen LogP contribution in [0.15, 0.2) is 48.6 Å². The second-order valence-corrected chi connectivity index (χ2v) is 7.19. The smallest absolute Gasteiger partial charge is 0.222 e. The van der Waals surface area contributed by atoms with Gasteiger partial charge in [-0.05, 0) is 37.0 Å². The van der Waals surface area contributed by atoms with Crippen molar-refractivity contribution in [2.24, 2.45) is 0 Å². The van der Waals surface area contributed by atoms with E-state index in [2.05, 4.69) is 0 Å². The highest BCUT2D eigenvalue weighted by Crippen LogP contribution is 2.38. The maximum Gasteiger partial charge on any atom is 0.222 e. The molecule has 0 aliphatic rings. The van der Waals surface area contributed by atoms with E-state index in [0.717, 1.165) is 5.56 Å². The van der Waals surface area contributed by atoms with Crippen molar-refractivity contribution in [1.82, 2.24) is 4.90 Å². The summed E-state index contributed by atoms with van der Waals surface area (Å²) in [6, 6.07) is 3.75. The summed E-state index contributed by atoms with van der Waals surface area (Å²) < 4.78 is 16.0. The maximum absolute atomic E-state index is 11.5. The molecule has 1 amide bonds. The Hall–Kier alpha value is -2.77. The molecule has 172 valence electrons. The zero-order chi connectivity index (χ0) is 23.2. The van der Waals surface area contributed by atoms with Crippen LogP contribution >= 0.6 is 0 Å². The van der Waals surface area contributed by atoms with Crippen molar-refractivity contribution in [1.29, 1.82) is 0 Å². The van der Waals surface area contributed by atoms with Gasteiger partial charge >= 0.3 is 0 Å². The van der Waals surface area contributed by atoms with Crippen LogP contribution in [0, 0.1) is 0 Å². The Morgan fingerprint density at radius 3 is 1.87 bits per heavy atom. The summed E-state index contributed by atoms with van der Waals surface area (Å²) in [6.45, 7) is 0. The maximum atomic E-state index is 11.5. The Kier molecular flexibility index (Phi) is 12.1. The van der Waals surface area contributed by atoms with Crippen molar-refractivity contribution in [2.75, 3.05) is 35.4 Å². The number of ether oxygens (including phenoxy) is 3. The number of aryl methyl sites for hydroxylation is 1. The fraction of sp³-hybridized carbons (Fsp3) is 0.458. The van der Waals surface area contributed by atoms with Crippen LogP contribution in [0.4, 0.5) is 0 Å². The van der Waals surface area contributed by atoms with Crippen LogP contribution in [0.25, 0.3) is 0 Å². The van der Waals surface area contributed by atoms with E-state index >= 15 is 0 Å². The van der Waals surface area contributed by atoms with E-state index in [1.807, 2.05) is 12.1 Å². The van der Waals surface area contributed by atoms with E-state index < -0.39 is 12.2 Å². The molecule has 2 atom stereocenters. The van der Waals surface area contributed by atoms with E-state index in [0.29, 0.717) is 42.9 Å². The van der Waals surface area contributed by atoms with Gasteiger partial charge in [-0.1, -0.05) is 36.5 Å². The number of hydrogen-bond acceptors (Lipinski definition) is 6. The summed E-state index contributed by atoms with van der Waals surface area (Å²) in [7, 11) is 8.09. The molecular weight excluding hydrogens is 398 g/mol. The van der Waals surface area contributed by atoms with Gasteiger partial charge in [0.1, 0.15) is 0 Å². The number of amides is 1. The number of aliphatic hydroxyl groups is 2. The number of carbonyl (C=O) groups is 1. The molecule has 0 bridgehead atoms. The van der Waals surface area contributed by atoms with Crippen LogP contribution in [-0.2, 0) is 11.2 Å². The highest BCUT2D eigenvalue weighted by Gasteiger charge is 2.13. The summed E-state index contributed by atoms with van der Waals surface area (Å²) in [6.07, 6.45) is 11.0. The molecule has 1 rings (SSSR count). The highest BCUT2D eigenvalue weighted by atomic mass is 16.5. The van der Waals surface area contributed by atoms with E-state index in [1.165, 1.54) is 4.90 Å². The number of hydrogen-bond donors (Lipinski definition) is 2. The topological polar surface area (TPSA) is 88.5 Å². The molecule has 7 nitrogen and oxygen atoms in total. The van der Waals surface area contributed by atoms with E-state index in [1.54, 1.807) is 71.9 Å². The first-order valence-electron chi connectivity index (χ1n) is 10.2. The second-order valence-electron chi connectivity index (χ2n) is 7.19. The zero-order valence-electron chi connectivity index (χ0n) is 19.1. The third-order valence-corrected chi connectivity index (χ3v) is 4.61. The quantitative estimate of drug-likeness (QED) is 0.465. The van der Waals surface area contributed by atoms with Crippen LogP contribution in [0.1, 0.15) is 24.8 Å². The third-order valence-electron chi connectivity index (χ3n) is 4.61. The molecule has 31 heavy (non-hydrogen) atoms. The van der Waals surface area contributed by atoms with Gasteiger partial charge in [0.2, 0.25) is 11.7 Å². The highest BCUT2D eigenvalue weighted by molar-refractivity contribution is 5.75. The molecule has 7 heteroatoms. The Morgan fingerprint density at radius 2 is 1.42 bits per heavy atom. The first-order valence-corrected chi connectivity index (χ1v) is 10.2. The van der Waals surface area contributed by atoms with Crippen LogP contribution in [-0.4, -0.2) is 68.7 Å². The summed E-state index contributed by atoms with van der Waals surface area (Å²) >= 11 is 0. The molecule has 0 saturated carbocycles. The summed E-state index contributed by atoms with van der Waals surface area (Å²) in [5.74, 6) is 1.71. The van der Waals surface area contributed by atoms with Gasteiger partial charge in [-0.3, -0.25) is 4.79 Å². The zero-order valence-corrected chi connectivity index (χ0v) is 19.1. The molecule has 0 aromatic heterocycles.